The van der Waals surface area contributed by atoms with Gasteiger partial charge in [0.15, 0.2) is 0 Å². The number of nitrogens with two attached hydrogens (primary N) is 1. The van der Waals surface area contributed by atoms with Crippen molar-refractivity contribution >= 4 is 10.2 Å². The van der Waals surface area contributed by atoms with Crippen molar-refractivity contribution in [3.63, 3.8) is 0 Å². The van der Waals surface area contributed by atoms with E-state index in [2.05, 4.69) is 54.7 Å². The number of likely N-dealkylation sites (tertiary alicyclic amines) is 1. The summed E-state index contributed by atoms with van der Waals surface area (Å²) < 4.78 is 24.5. The summed E-state index contributed by atoms with van der Waals surface area (Å²) in [6.45, 7) is 9.00. The second-order valence-electron chi connectivity index (χ2n) is 6.89. The first-order valence-electron chi connectivity index (χ1n) is 8.37. The van der Waals surface area contributed by atoms with Crippen molar-refractivity contribution in [2.45, 2.75) is 45.6 Å². The Morgan fingerprint density at radius 2 is 1.83 bits per heavy atom. The molecule has 1 fully saturated rings. The van der Waals surface area contributed by atoms with E-state index in [9.17, 15) is 8.42 Å². The molecular weight excluding hydrogens is 310 g/mol. The molecule has 0 aromatic heterocycles. The fourth-order valence-electron chi connectivity index (χ4n) is 3.22. The normalized spacial score (nSPS) is 21.5. The molecule has 6 heteroatoms. The summed E-state index contributed by atoms with van der Waals surface area (Å²) in [4.78, 5) is 2.43. The lowest BCUT2D eigenvalue weighted by Crippen LogP contribution is -2.43. The smallest absolute Gasteiger partial charge is 0.274 e. The Kier molecular flexibility index (Phi) is 6.19. The molecule has 0 spiro atoms. The summed E-state index contributed by atoms with van der Waals surface area (Å²) in [5.74, 6) is 0.863. The lowest BCUT2D eigenvalue weighted by molar-refractivity contribution is 0.133. The van der Waals surface area contributed by atoms with Crippen molar-refractivity contribution in [3.8, 4) is 0 Å². The van der Waals surface area contributed by atoms with E-state index in [1.54, 1.807) is 0 Å². The van der Waals surface area contributed by atoms with Crippen LogP contribution in [0.25, 0.3) is 0 Å². The van der Waals surface area contributed by atoms with Gasteiger partial charge in [-0.25, -0.2) is 9.86 Å². The molecule has 1 aliphatic heterocycles. The van der Waals surface area contributed by atoms with Crippen LogP contribution < -0.4 is 9.86 Å². The second-order valence-corrected chi connectivity index (χ2v) is 8.27. The van der Waals surface area contributed by atoms with Gasteiger partial charge in [-0.05, 0) is 49.3 Å². The molecule has 0 aliphatic carbocycles. The number of nitrogens with one attached hydrogen (secondary N) is 1. The van der Waals surface area contributed by atoms with E-state index in [-0.39, 0.29) is 0 Å². The van der Waals surface area contributed by atoms with Gasteiger partial charge in [0.1, 0.15) is 0 Å². The lowest BCUT2D eigenvalue weighted by atomic mass is 9.94. The predicted molar refractivity (Wildman–Crippen MR) is 94.4 cm³/mol. The van der Waals surface area contributed by atoms with Crippen molar-refractivity contribution < 1.29 is 8.42 Å². The van der Waals surface area contributed by atoms with Crippen molar-refractivity contribution in [1.29, 1.82) is 0 Å². The van der Waals surface area contributed by atoms with E-state index in [4.69, 9.17) is 5.14 Å². The van der Waals surface area contributed by atoms with Crippen LogP contribution in [0, 0.1) is 5.92 Å². The van der Waals surface area contributed by atoms with Crippen molar-refractivity contribution in [2.24, 2.45) is 11.1 Å². The van der Waals surface area contributed by atoms with E-state index in [1.807, 2.05) is 0 Å². The molecule has 1 saturated heterocycles. The highest BCUT2D eigenvalue weighted by Crippen LogP contribution is 2.27. The standard InChI is InChI=1S/C17H29N3O2S/c1-13(2)16-6-8-17(9-7-16)14(3)20-10-4-5-15(12-20)11-19-23(18,21)22/h6-9,13-15,19H,4-5,10-12H2,1-3H3,(H2,18,21,22)/t14-,15+/m1/s1. The first kappa shape index (κ1) is 18.4. The average Bonchev–Trinajstić information content (AvgIpc) is 2.52. The van der Waals surface area contributed by atoms with Gasteiger partial charge in [0.25, 0.3) is 10.2 Å². The Balaban J connectivity index is 1.97. The highest BCUT2D eigenvalue weighted by Gasteiger charge is 2.25. The Bertz CT molecular complexity index is 599. The lowest BCUT2D eigenvalue weighted by Gasteiger charge is -2.37. The van der Waals surface area contributed by atoms with Crippen LogP contribution >= 0.6 is 0 Å². The maximum Gasteiger partial charge on any atom is 0.274 e. The zero-order valence-corrected chi connectivity index (χ0v) is 15.1. The highest BCUT2D eigenvalue weighted by atomic mass is 32.2. The van der Waals surface area contributed by atoms with Gasteiger partial charge >= 0.3 is 0 Å². The summed E-state index contributed by atoms with van der Waals surface area (Å²) in [6, 6.07) is 9.19. The van der Waals surface area contributed by atoms with Crippen molar-refractivity contribution in [3.05, 3.63) is 35.4 Å². The molecule has 130 valence electrons. The Labute approximate surface area is 140 Å². The molecule has 3 N–H and O–H groups in total. The number of rotatable bonds is 6. The van der Waals surface area contributed by atoms with Gasteiger partial charge in [0.05, 0.1) is 0 Å². The second kappa shape index (κ2) is 7.75. The molecule has 1 heterocycles. The van der Waals surface area contributed by atoms with Gasteiger partial charge in [-0.3, -0.25) is 4.90 Å². The Hall–Kier alpha value is -0.950. The Morgan fingerprint density at radius 3 is 2.39 bits per heavy atom. The number of hydrogen-bond acceptors (Lipinski definition) is 3. The number of nitrogens with zero attached hydrogens (tertiary/aromatic N) is 1. The predicted octanol–water partition coefficient (Wildman–Crippen LogP) is 2.38. The third kappa shape index (κ3) is 5.57. The van der Waals surface area contributed by atoms with Crippen molar-refractivity contribution in [2.75, 3.05) is 19.6 Å². The van der Waals surface area contributed by atoms with Crippen LogP contribution in [-0.4, -0.2) is 33.0 Å². The fourth-order valence-corrected chi connectivity index (χ4v) is 3.69. The monoisotopic (exact) mass is 339 g/mol. The highest BCUT2D eigenvalue weighted by molar-refractivity contribution is 7.87. The molecule has 5 nitrogen and oxygen atoms in total. The summed E-state index contributed by atoms with van der Waals surface area (Å²) in [7, 11) is -3.59. The molecule has 0 saturated carbocycles. The molecule has 1 aromatic rings. The molecule has 0 amide bonds. The summed E-state index contributed by atoms with van der Waals surface area (Å²) in [5, 5.41) is 5.02. The molecule has 23 heavy (non-hydrogen) atoms. The largest absolute Gasteiger partial charge is 0.296 e. The summed E-state index contributed by atoms with van der Waals surface area (Å²) in [6.07, 6.45) is 2.13. The van der Waals surface area contributed by atoms with Crippen LogP contribution in [0.2, 0.25) is 0 Å². The number of piperidine rings is 1. The minimum atomic E-state index is -3.59. The first-order valence-corrected chi connectivity index (χ1v) is 9.92. The maximum absolute atomic E-state index is 11.1. The molecular formula is C17H29N3O2S. The molecule has 1 aromatic carbocycles. The third-order valence-electron chi connectivity index (χ3n) is 4.76. The van der Waals surface area contributed by atoms with Gasteiger partial charge < -0.3 is 0 Å². The van der Waals surface area contributed by atoms with E-state index >= 15 is 0 Å². The van der Waals surface area contributed by atoms with Crippen molar-refractivity contribution in [1.82, 2.24) is 9.62 Å². The van der Waals surface area contributed by atoms with Crippen LogP contribution in [0.15, 0.2) is 24.3 Å². The zero-order chi connectivity index (χ0) is 17.0. The van der Waals surface area contributed by atoms with Gasteiger partial charge in [-0.1, -0.05) is 38.1 Å². The maximum atomic E-state index is 11.1. The number of hydrogen-bond donors (Lipinski definition) is 2. The third-order valence-corrected chi connectivity index (χ3v) is 5.33. The van der Waals surface area contributed by atoms with Gasteiger partial charge in [0, 0.05) is 19.1 Å². The number of benzene rings is 1. The van der Waals surface area contributed by atoms with Gasteiger partial charge in [-0.2, -0.15) is 8.42 Å². The van der Waals surface area contributed by atoms with E-state index in [0.29, 0.717) is 24.4 Å². The Morgan fingerprint density at radius 1 is 1.22 bits per heavy atom. The van der Waals surface area contributed by atoms with Crippen LogP contribution in [0.4, 0.5) is 0 Å². The zero-order valence-electron chi connectivity index (χ0n) is 14.3. The summed E-state index contributed by atoms with van der Waals surface area (Å²) in [5.41, 5.74) is 2.67. The van der Waals surface area contributed by atoms with Crippen LogP contribution in [0.5, 0.6) is 0 Å². The molecule has 2 atom stereocenters. The van der Waals surface area contributed by atoms with E-state index < -0.39 is 10.2 Å². The average molecular weight is 340 g/mol. The molecule has 0 unspecified atom stereocenters. The summed E-state index contributed by atoms with van der Waals surface area (Å²) >= 11 is 0. The van der Waals surface area contributed by atoms with Gasteiger partial charge in [0.2, 0.25) is 0 Å². The van der Waals surface area contributed by atoms with E-state index in [1.165, 1.54) is 11.1 Å². The fraction of sp³-hybridized carbons (Fsp3) is 0.647. The first-order chi connectivity index (χ1) is 10.8. The topological polar surface area (TPSA) is 75.4 Å². The quantitative estimate of drug-likeness (QED) is 0.835. The SMILES string of the molecule is CC(C)c1ccc([C@@H](C)N2CCC[C@@H](CNS(N)(=O)=O)C2)cc1. The van der Waals surface area contributed by atoms with Crippen LogP contribution in [0.1, 0.15) is 56.7 Å². The minimum Gasteiger partial charge on any atom is -0.296 e. The minimum absolute atomic E-state index is 0.319. The molecule has 0 bridgehead atoms. The molecule has 1 aliphatic rings. The molecule has 0 radical (unpaired) electrons. The van der Waals surface area contributed by atoms with Gasteiger partial charge in [-0.15, -0.1) is 0 Å². The van der Waals surface area contributed by atoms with E-state index in [0.717, 1.165) is 25.9 Å². The van der Waals surface area contributed by atoms with Crippen LogP contribution in [0.3, 0.4) is 0 Å². The molecule has 2 rings (SSSR count). The van der Waals surface area contributed by atoms with Crippen LogP contribution in [-0.2, 0) is 10.2 Å².